The summed E-state index contributed by atoms with van der Waals surface area (Å²) in [6.07, 6.45) is 7.22. The molecule has 0 saturated carbocycles. The zero-order valence-corrected chi connectivity index (χ0v) is 10.5. The maximum atomic E-state index is 5.92. The molecule has 92 valence electrons. The predicted octanol–water partition coefficient (Wildman–Crippen LogP) is 2.14. The first-order chi connectivity index (χ1) is 8.79. The van der Waals surface area contributed by atoms with Gasteiger partial charge in [-0.25, -0.2) is 4.98 Å². The number of fused-ring (bicyclic) bond motifs is 1. The van der Waals surface area contributed by atoms with Crippen LogP contribution in [0.3, 0.4) is 0 Å². The molecule has 0 aromatic carbocycles. The second-order valence-corrected chi connectivity index (χ2v) is 4.25. The molecule has 3 heterocycles. The minimum absolute atomic E-state index is 0.192. The van der Waals surface area contributed by atoms with Gasteiger partial charge in [0.2, 0.25) is 5.28 Å². The van der Waals surface area contributed by atoms with E-state index in [1.54, 1.807) is 12.4 Å². The van der Waals surface area contributed by atoms with Crippen molar-refractivity contribution < 1.29 is 0 Å². The van der Waals surface area contributed by atoms with E-state index in [1.807, 2.05) is 10.8 Å². The van der Waals surface area contributed by atoms with Crippen LogP contribution in [0.4, 0.5) is 0 Å². The van der Waals surface area contributed by atoms with Gasteiger partial charge in [-0.15, -0.1) is 0 Å². The van der Waals surface area contributed by atoms with Crippen LogP contribution in [0.1, 0.15) is 19.2 Å². The van der Waals surface area contributed by atoms with Crippen LogP contribution in [0, 0.1) is 0 Å². The Balaban J connectivity index is 2.24. The van der Waals surface area contributed by atoms with Crippen LogP contribution in [0.25, 0.3) is 16.9 Å². The van der Waals surface area contributed by atoms with Gasteiger partial charge in [-0.05, 0) is 18.0 Å². The summed E-state index contributed by atoms with van der Waals surface area (Å²) in [5.41, 5.74) is 0.626. The number of H-pyrrole nitrogens is 1. The monoisotopic (exact) mass is 262 g/mol. The normalized spacial score (nSPS) is 11.2. The number of halogens is 1. The molecule has 6 nitrogen and oxygen atoms in total. The Bertz CT molecular complexity index is 686. The largest absolute Gasteiger partial charge is 0.287 e. The number of aromatic amines is 1. The SMILES string of the molecule is CCCc1nccn1-c1nc(Cl)nc2[nH]ncc12. The molecule has 7 heteroatoms. The van der Waals surface area contributed by atoms with E-state index in [2.05, 4.69) is 32.1 Å². The molecular weight excluding hydrogens is 252 g/mol. The third-order valence-corrected chi connectivity index (χ3v) is 2.85. The molecule has 0 saturated heterocycles. The standard InChI is InChI=1S/C11H11ClN6/c1-2-3-8-13-4-5-18(8)10-7-6-14-17-9(7)15-11(12)16-10/h4-6H,2-3H2,1H3,(H,14,15,16,17). The minimum Gasteiger partial charge on any atom is -0.287 e. The maximum absolute atomic E-state index is 5.92. The number of nitrogens with one attached hydrogen (secondary N) is 1. The molecule has 0 amide bonds. The number of imidazole rings is 1. The first-order valence-electron chi connectivity index (χ1n) is 5.69. The fourth-order valence-electron chi connectivity index (χ4n) is 1.91. The van der Waals surface area contributed by atoms with Crippen molar-refractivity contribution in [2.24, 2.45) is 0 Å². The molecule has 0 spiro atoms. The third-order valence-electron chi connectivity index (χ3n) is 2.68. The summed E-state index contributed by atoms with van der Waals surface area (Å²) in [5.74, 6) is 1.66. The summed E-state index contributed by atoms with van der Waals surface area (Å²) in [4.78, 5) is 12.7. The van der Waals surface area contributed by atoms with E-state index in [4.69, 9.17) is 11.6 Å². The summed E-state index contributed by atoms with van der Waals surface area (Å²) < 4.78 is 1.93. The number of hydrogen-bond acceptors (Lipinski definition) is 4. The average Bonchev–Trinajstić information content (AvgIpc) is 2.96. The highest BCUT2D eigenvalue weighted by molar-refractivity contribution is 6.28. The molecule has 3 aromatic heterocycles. The molecule has 0 aliphatic heterocycles. The van der Waals surface area contributed by atoms with E-state index in [0.717, 1.165) is 24.1 Å². The van der Waals surface area contributed by atoms with Crippen molar-refractivity contribution in [2.75, 3.05) is 0 Å². The average molecular weight is 263 g/mol. The Kier molecular flexibility index (Phi) is 2.71. The molecule has 3 aromatic rings. The van der Waals surface area contributed by atoms with E-state index in [1.165, 1.54) is 0 Å². The Labute approximate surface area is 108 Å². The maximum Gasteiger partial charge on any atom is 0.226 e. The lowest BCUT2D eigenvalue weighted by Crippen LogP contribution is -2.04. The minimum atomic E-state index is 0.192. The van der Waals surface area contributed by atoms with Gasteiger partial charge in [0.1, 0.15) is 5.82 Å². The summed E-state index contributed by atoms with van der Waals surface area (Å²) in [7, 11) is 0. The summed E-state index contributed by atoms with van der Waals surface area (Å²) in [6.45, 7) is 2.11. The van der Waals surface area contributed by atoms with Gasteiger partial charge < -0.3 is 0 Å². The first-order valence-corrected chi connectivity index (χ1v) is 6.06. The highest BCUT2D eigenvalue weighted by Crippen LogP contribution is 2.20. The van der Waals surface area contributed by atoms with Gasteiger partial charge in [-0.1, -0.05) is 6.92 Å². The molecule has 0 bridgehead atoms. The summed E-state index contributed by atoms with van der Waals surface area (Å²) in [5, 5.41) is 7.78. The molecule has 0 aliphatic carbocycles. The number of aromatic nitrogens is 6. The van der Waals surface area contributed by atoms with E-state index >= 15 is 0 Å². The molecule has 0 aliphatic rings. The van der Waals surface area contributed by atoms with Crippen molar-refractivity contribution >= 4 is 22.6 Å². The van der Waals surface area contributed by atoms with Gasteiger partial charge in [0, 0.05) is 18.8 Å². The highest BCUT2D eigenvalue weighted by Gasteiger charge is 2.12. The molecule has 0 fully saturated rings. The zero-order valence-electron chi connectivity index (χ0n) is 9.76. The van der Waals surface area contributed by atoms with Crippen molar-refractivity contribution in [3.63, 3.8) is 0 Å². The molecule has 3 rings (SSSR count). The smallest absolute Gasteiger partial charge is 0.226 e. The Morgan fingerprint density at radius 2 is 2.28 bits per heavy atom. The van der Waals surface area contributed by atoms with Gasteiger partial charge >= 0.3 is 0 Å². The molecule has 0 unspecified atom stereocenters. The molecule has 18 heavy (non-hydrogen) atoms. The topological polar surface area (TPSA) is 72.3 Å². The highest BCUT2D eigenvalue weighted by atomic mass is 35.5. The second-order valence-electron chi connectivity index (χ2n) is 3.91. The Morgan fingerprint density at radius 3 is 3.11 bits per heavy atom. The molecular formula is C11H11ClN6. The fourth-order valence-corrected chi connectivity index (χ4v) is 2.08. The van der Waals surface area contributed by atoms with Crippen LogP contribution in [0.15, 0.2) is 18.6 Å². The third kappa shape index (κ3) is 1.74. The quantitative estimate of drug-likeness (QED) is 0.734. The zero-order chi connectivity index (χ0) is 12.5. The number of hydrogen-bond donors (Lipinski definition) is 1. The summed E-state index contributed by atoms with van der Waals surface area (Å²) in [6, 6.07) is 0. The van der Waals surface area contributed by atoms with E-state index in [0.29, 0.717) is 11.5 Å². The van der Waals surface area contributed by atoms with Gasteiger partial charge in [-0.2, -0.15) is 15.1 Å². The van der Waals surface area contributed by atoms with Gasteiger partial charge in [-0.3, -0.25) is 9.67 Å². The number of aryl methyl sites for hydroxylation is 1. The lowest BCUT2D eigenvalue weighted by molar-refractivity contribution is 0.800. The van der Waals surface area contributed by atoms with Crippen LogP contribution in [0.5, 0.6) is 0 Å². The van der Waals surface area contributed by atoms with Crippen molar-refractivity contribution in [3.8, 4) is 5.82 Å². The van der Waals surface area contributed by atoms with E-state index in [-0.39, 0.29) is 5.28 Å². The van der Waals surface area contributed by atoms with Gasteiger partial charge in [0.25, 0.3) is 0 Å². The van der Waals surface area contributed by atoms with E-state index < -0.39 is 0 Å². The van der Waals surface area contributed by atoms with Crippen LogP contribution in [-0.2, 0) is 6.42 Å². The Morgan fingerprint density at radius 1 is 1.39 bits per heavy atom. The molecule has 0 atom stereocenters. The van der Waals surface area contributed by atoms with E-state index in [9.17, 15) is 0 Å². The van der Waals surface area contributed by atoms with Crippen LogP contribution in [-0.4, -0.2) is 29.7 Å². The summed E-state index contributed by atoms with van der Waals surface area (Å²) >= 11 is 5.92. The van der Waals surface area contributed by atoms with Crippen molar-refractivity contribution in [1.29, 1.82) is 0 Å². The number of rotatable bonds is 3. The number of nitrogens with zero attached hydrogens (tertiary/aromatic N) is 5. The fraction of sp³-hybridized carbons (Fsp3) is 0.273. The van der Waals surface area contributed by atoms with Crippen LogP contribution < -0.4 is 0 Å². The van der Waals surface area contributed by atoms with Gasteiger partial charge in [0.15, 0.2) is 11.5 Å². The second kappa shape index (κ2) is 4.38. The van der Waals surface area contributed by atoms with Crippen molar-refractivity contribution in [3.05, 3.63) is 29.7 Å². The van der Waals surface area contributed by atoms with Crippen LogP contribution >= 0.6 is 11.6 Å². The van der Waals surface area contributed by atoms with Gasteiger partial charge in [0.05, 0.1) is 11.6 Å². The molecule has 0 radical (unpaired) electrons. The Hall–Kier alpha value is -1.95. The van der Waals surface area contributed by atoms with Crippen molar-refractivity contribution in [1.82, 2.24) is 29.7 Å². The molecule has 1 N–H and O–H groups in total. The van der Waals surface area contributed by atoms with Crippen molar-refractivity contribution in [2.45, 2.75) is 19.8 Å². The predicted molar refractivity (Wildman–Crippen MR) is 67.8 cm³/mol. The lowest BCUT2D eigenvalue weighted by Gasteiger charge is -2.07. The van der Waals surface area contributed by atoms with Crippen LogP contribution in [0.2, 0.25) is 5.28 Å². The lowest BCUT2D eigenvalue weighted by atomic mass is 10.3. The first kappa shape index (κ1) is 11.2.